The van der Waals surface area contributed by atoms with Crippen LogP contribution in [0.1, 0.15) is 27.8 Å². The molecule has 1 amide bonds. The number of nitrogens with zero attached hydrogens (tertiary/aromatic N) is 5. The summed E-state index contributed by atoms with van der Waals surface area (Å²) in [5.41, 5.74) is 2.23. The first kappa shape index (κ1) is 16.0. The number of benzene rings is 1. The number of aryl methyl sites for hydroxylation is 1. The standard InChI is InChI=1S/C18H17N5O4/c1-11-6-13(23-18(21-11)19-9-20-23)16-8-22(4-5-25-16)17(24)12-2-3-14-15(7-12)27-10-26-14/h2-3,6-7,9,16H,4-5,8,10H2,1H3. The van der Waals surface area contributed by atoms with E-state index in [4.69, 9.17) is 14.2 Å². The molecule has 2 aliphatic rings. The molecule has 5 rings (SSSR count). The molecule has 2 aromatic heterocycles. The van der Waals surface area contributed by atoms with Crippen molar-refractivity contribution in [2.75, 3.05) is 26.5 Å². The van der Waals surface area contributed by atoms with Gasteiger partial charge in [0, 0.05) is 17.8 Å². The maximum atomic E-state index is 13.0. The van der Waals surface area contributed by atoms with Crippen LogP contribution >= 0.6 is 0 Å². The fraction of sp³-hybridized carbons (Fsp3) is 0.333. The number of aromatic nitrogens is 4. The first-order chi connectivity index (χ1) is 13.2. The molecule has 0 bridgehead atoms. The fourth-order valence-corrected chi connectivity index (χ4v) is 3.41. The van der Waals surface area contributed by atoms with Gasteiger partial charge in [-0.25, -0.2) is 4.98 Å². The minimum absolute atomic E-state index is 0.0674. The van der Waals surface area contributed by atoms with Gasteiger partial charge in [-0.05, 0) is 31.2 Å². The quantitative estimate of drug-likeness (QED) is 0.676. The zero-order valence-corrected chi connectivity index (χ0v) is 14.7. The van der Waals surface area contributed by atoms with Crippen molar-refractivity contribution in [1.82, 2.24) is 24.5 Å². The Morgan fingerprint density at radius 1 is 1.22 bits per heavy atom. The number of rotatable bonds is 2. The lowest BCUT2D eigenvalue weighted by Gasteiger charge is -2.33. The van der Waals surface area contributed by atoms with Gasteiger partial charge < -0.3 is 19.1 Å². The molecule has 0 radical (unpaired) electrons. The summed E-state index contributed by atoms with van der Waals surface area (Å²) in [7, 11) is 0. The van der Waals surface area contributed by atoms with Crippen molar-refractivity contribution in [2.45, 2.75) is 13.0 Å². The second kappa shape index (κ2) is 6.20. The van der Waals surface area contributed by atoms with E-state index in [-0.39, 0.29) is 18.8 Å². The van der Waals surface area contributed by atoms with Crippen molar-refractivity contribution < 1.29 is 19.0 Å². The van der Waals surface area contributed by atoms with Gasteiger partial charge in [0.25, 0.3) is 11.7 Å². The van der Waals surface area contributed by atoms with Crippen molar-refractivity contribution >= 4 is 11.7 Å². The van der Waals surface area contributed by atoms with Crippen LogP contribution in [0.3, 0.4) is 0 Å². The first-order valence-electron chi connectivity index (χ1n) is 8.67. The lowest BCUT2D eigenvalue weighted by molar-refractivity contribution is -0.0257. The van der Waals surface area contributed by atoms with Crippen molar-refractivity contribution in [1.29, 1.82) is 0 Å². The van der Waals surface area contributed by atoms with Gasteiger partial charge in [-0.1, -0.05) is 0 Å². The van der Waals surface area contributed by atoms with Crippen molar-refractivity contribution in [2.24, 2.45) is 0 Å². The Bertz CT molecular complexity index is 1030. The molecule has 9 heteroatoms. The molecule has 1 fully saturated rings. The normalized spacial score (nSPS) is 18.9. The fourth-order valence-electron chi connectivity index (χ4n) is 3.41. The maximum Gasteiger partial charge on any atom is 0.254 e. The third kappa shape index (κ3) is 2.76. The third-order valence-electron chi connectivity index (χ3n) is 4.71. The molecule has 9 nitrogen and oxygen atoms in total. The predicted molar refractivity (Wildman–Crippen MR) is 92.7 cm³/mol. The zero-order valence-electron chi connectivity index (χ0n) is 14.7. The molecule has 1 aromatic carbocycles. The van der Waals surface area contributed by atoms with E-state index < -0.39 is 0 Å². The van der Waals surface area contributed by atoms with Gasteiger partial charge >= 0.3 is 0 Å². The summed E-state index contributed by atoms with van der Waals surface area (Å²) in [6, 6.07) is 7.16. The van der Waals surface area contributed by atoms with Gasteiger partial charge in [0.15, 0.2) is 11.5 Å². The van der Waals surface area contributed by atoms with Gasteiger partial charge in [-0.15, -0.1) is 0 Å². The van der Waals surface area contributed by atoms with E-state index >= 15 is 0 Å². The molecule has 1 saturated heterocycles. The molecule has 0 saturated carbocycles. The summed E-state index contributed by atoms with van der Waals surface area (Å²) in [6.45, 7) is 3.47. The lowest BCUT2D eigenvalue weighted by atomic mass is 10.1. The van der Waals surface area contributed by atoms with Crippen molar-refractivity contribution in [3.8, 4) is 11.5 Å². The largest absolute Gasteiger partial charge is 0.454 e. The number of carbonyl (C=O) groups excluding carboxylic acids is 1. The van der Waals surface area contributed by atoms with Crippen LogP contribution in [0, 0.1) is 6.92 Å². The number of hydrogen-bond acceptors (Lipinski definition) is 7. The number of amides is 1. The summed E-state index contributed by atoms with van der Waals surface area (Å²) in [6.07, 6.45) is 1.16. The average Bonchev–Trinajstić information content (AvgIpc) is 3.35. The van der Waals surface area contributed by atoms with Gasteiger partial charge in [0.05, 0.1) is 18.8 Å². The van der Waals surface area contributed by atoms with Crippen molar-refractivity contribution in [3.63, 3.8) is 0 Å². The van der Waals surface area contributed by atoms with E-state index in [1.165, 1.54) is 6.33 Å². The van der Waals surface area contributed by atoms with Gasteiger partial charge in [-0.3, -0.25) is 4.79 Å². The van der Waals surface area contributed by atoms with Gasteiger partial charge in [0.1, 0.15) is 12.4 Å². The van der Waals surface area contributed by atoms with E-state index in [1.54, 1.807) is 27.6 Å². The second-order valence-electron chi connectivity index (χ2n) is 6.47. The van der Waals surface area contributed by atoms with Gasteiger partial charge in [-0.2, -0.15) is 14.6 Å². The molecule has 0 aliphatic carbocycles. The second-order valence-corrected chi connectivity index (χ2v) is 6.47. The molecular weight excluding hydrogens is 350 g/mol. The van der Waals surface area contributed by atoms with Crippen LogP contribution in [0.4, 0.5) is 0 Å². The Morgan fingerprint density at radius 3 is 3.04 bits per heavy atom. The van der Waals surface area contributed by atoms with E-state index in [0.717, 1.165) is 11.4 Å². The summed E-state index contributed by atoms with van der Waals surface area (Å²) < 4.78 is 18.3. The monoisotopic (exact) mass is 367 g/mol. The summed E-state index contributed by atoms with van der Waals surface area (Å²) >= 11 is 0. The molecule has 3 aromatic rings. The van der Waals surface area contributed by atoms with Crippen LogP contribution in [0.2, 0.25) is 0 Å². The van der Waals surface area contributed by atoms with E-state index in [2.05, 4.69) is 15.1 Å². The minimum atomic E-state index is -0.303. The molecule has 4 heterocycles. The van der Waals surface area contributed by atoms with Crippen LogP contribution < -0.4 is 9.47 Å². The SMILES string of the molecule is Cc1cc(C2CN(C(=O)c3ccc4c(c3)OCO4)CCO2)n2ncnc2n1. The summed E-state index contributed by atoms with van der Waals surface area (Å²) in [5.74, 6) is 1.71. The maximum absolute atomic E-state index is 13.0. The van der Waals surface area contributed by atoms with Crippen LogP contribution in [-0.2, 0) is 4.74 Å². The Morgan fingerprint density at radius 2 is 2.11 bits per heavy atom. The van der Waals surface area contributed by atoms with Crippen LogP contribution in [0.15, 0.2) is 30.6 Å². The zero-order chi connectivity index (χ0) is 18.4. The van der Waals surface area contributed by atoms with Crippen molar-refractivity contribution in [3.05, 3.63) is 47.5 Å². The number of ether oxygens (including phenoxy) is 3. The Balaban J connectivity index is 1.42. The number of hydrogen-bond donors (Lipinski definition) is 0. The lowest BCUT2D eigenvalue weighted by Crippen LogP contribution is -2.42. The number of morpholine rings is 1. The molecular formula is C18H17N5O4. The highest BCUT2D eigenvalue weighted by molar-refractivity contribution is 5.95. The van der Waals surface area contributed by atoms with E-state index in [9.17, 15) is 4.79 Å². The van der Waals surface area contributed by atoms with Crippen LogP contribution in [0.25, 0.3) is 5.78 Å². The summed E-state index contributed by atoms with van der Waals surface area (Å²) in [4.78, 5) is 23.3. The third-order valence-corrected chi connectivity index (χ3v) is 4.71. The Hall–Kier alpha value is -3.20. The molecule has 1 unspecified atom stereocenters. The molecule has 0 N–H and O–H groups in total. The van der Waals surface area contributed by atoms with E-state index in [0.29, 0.717) is 42.5 Å². The Labute approximate surface area is 154 Å². The van der Waals surface area contributed by atoms with Gasteiger partial charge in [0.2, 0.25) is 6.79 Å². The highest BCUT2D eigenvalue weighted by Gasteiger charge is 2.29. The molecule has 0 spiro atoms. The molecule has 27 heavy (non-hydrogen) atoms. The van der Waals surface area contributed by atoms with Crippen LogP contribution in [-0.4, -0.2) is 56.9 Å². The average molecular weight is 367 g/mol. The minimum Gasteiger partial charge on any atom is -0.454 e. The number of fused-ring (bicyclic) bond motifs is 2. The Kier molecular flexibility index (Phi) is 3.68. The summed E-state index contributed by atoms with van der Waals surface area (Å²) in [5, 5.41) is 4.23. The molecule has 2 aliphatic heterocycles. The highest BCUT2D eigenvalue weighted by atomic mass is 16.7. The smallest absolute Gasteiger partial charge is 0.254 e. The molecule has 1 atom stereocenters. The van der Waals surface area contributed by atoms with Crippen LogP contribution in [0.5, 0.6) is 11.5 Å². The highest BCUT2D eigenvalue weighted by Crippen LogP contribution is 2.33. The first-order valence-corrected chi connectivity index (χ1v) is 8.67. The number of carbonyl (C=O) groups is 1. The predicted octanol–water partition coefficient (Wildman–Crippen LogP) is 1.38. The molecule has 138 valence electrons. The topological polar surface area (TPSA) is 91.1 Å². The van der Waals surface area contributed by atoms with E-state index in [1.807, 2.05) is 13.0 Å².